The monoisotopic (exact) mass is 477 g/mol. The van der Waals surface area contributed by atoms with Gasteiger partial charge in [0, 0.05) is 35.9 Å². The zero-order valence-electron chi connectivity index (χ0n) is 20.3. The standard InChI is InChI=1S/C28H27N7O/c1-18-5-3-6-20-14-16-30-27(25(18)20)34(23-11-8-19(2)31-17-23)28(36)21-9-12-22(13-10-21)35-26-24(32-33-35)7-4-15-29-26/h3-7,9-10,12-16,19,23,31H,8,11,17H2,1-2H3/t19-,23-/m1/s1. The minimum absolute atomic E-state index is 0.00883. The fraction of sp³-hybridized carbons (Fsp3) is 0.250. The van der Waals surface area contributed by atoms with Gasteiger partial charge < -0.3 is 5.32 Å². The van der Waals surface area contributed by atoms with E-state index in [1.807, 2.05) is 53.4 Å². The van der Waals surface area contributed by atoms with Crippen LogP contribution >= 0.6 is 0 Å². The van der Waals surface area contributed by atoms with Gasteiger partial charge in [0.15, 0.2) is 5.65 Å². The lowest BCUT2D eigenvalue weighted by molar-refractivity contribution is 0.0970. The molecule has 1 saturated heterocycles. The van der Waals surface area contributed by atoms with E-state index in [4.69, 9.17) is 4.98 Å². The lowest BCUT2D eigenvalue weighted by Gasteiger charge is -2.37. The molecule has 180 valence electrons. The number of nitrogens with one attached hydrogen (secondary N) is 1. The molecule has 0 saturated carbocycles. The highest BCUT2D eigenvalue weighted by molar-refractivity contribution is 6.10. The number of amides is 1. The van der Waals surface area contributed by atoms with Gasteiger partial charge in [0.05, 0.1) is 11.7 Å². The summed E-state index contributed by atoms with van der Waals surface area (Å²) in [6.07, 6.45) is 5.43. The van der Waals surface area contributed by atoms with Crippen LogP contribution in [0.1, 0.15) is 35.7 Å². The molecule has 1 N–H and O–H groups in total. The normalized spacial score (nSPS) is 17.9. The third-order valence-corrected chi connectivity index (χ3v) is 6.99. The minimum atomic E-state index is -0.0623. The minimum Gasteiger partial charge on any atom is -0.312 e. The van der Waals surface area contributed by atoms with Crippen molar-refractivity contribution in [2.24, 2.45) is 0 Å². The van der Waals surface area contributed by atoms with Crippen LogP contribution in [0.5, 0.6) is 0 Å². The van der Waals surface area contributed by atoms with Gasteiger partial charge in [0.25, 0.3) is 5.91 Å². The van der Waals surface area contributed by atoms with Crippen LogP contribution in [0.4, 0.5) is 5.82 Å². The van der Waals surface area contributed by atoms with Gasteiger partial charge in [0.1, 0.15) is 11.3 Å². The van der Waals surface area contributed by atoms with E-state index in [0.29, 0.717) is 23.1 Å². The van der Waals surface area contributed by atoms with E-state index in [1.54, 1.807) is 17.1 Å². The van der Waals surface area contributed by atoms with E-state index in [0.717, 1.165) is 46.9 Å². The van der Waals surface area contributed by atoms with E-state index >= 15 is 0 Å². The molecule has 6 rings (SSSR count). The molecule has 1 aliphatic rings. The molecule has 1 aliphatic heterocycles. The Bertz CT molecular complexity index is 1550. The van der Waals surface area contributed by atoms with Gasteiger partial charge in [-0.25, -0.2) is 9.97 Å². The number of carbonyl (C=O) groups excluding carboxylic acids is 1. The molecule has 2 aromatic carbocycles. The van der Waals surface area contributed by atoms with Gasteiger partial charge in [-0.3, -0.25) is 9.69 Å². The van der Waals surface area contributed by atoms with Crippen LogP contribution in [0.3, 0.4) is 0 Å². The number of fused-ring (bicyclic) bond motifs is 2. The Kier molecular flexibility index (Phi) is 5.65. The largest absolute Gasteiger partial charge is 0.312 e. The zero-order valence-corrected chi connectivity index (χ0v) is 20.3. The van der Waals surface area contributed by atoms with E-state index in [1.165, 1.54) is 0 Å². The summed E-state index contributed by atoms with van der Waals surface area (Å²) in [4.78, 5) is 25.1. The summed E-state index contributed by atoms with van der Waals surface area (Å²) in [5.74, 6) is 0.653. The SMILES string of the molecule is Cc1cccc2ccnc(N(C(=O)c3ccc(-n4nnc5cccnc54)cc3)[C@@H]3CC[C@@H](C)NC3)c12. The molecule has 0 unspecified atom stereocenters. The highest BCUT2D eigenvalue weighted by atomic mass is 16.2. The van der Waals surface area contributed by atoms with Crippen molar-refractivity contribution in [2.75, 3.05) is 11.4 Å². The first-order valence-electron chi connectivity index (χ1n) is 12.3. The van der Waals surface area contributed by atoms with Crippen molar-refractivity contribution in [2.45, 2.75) is 38.8 Å². The number of anilines is 1. The summed E-state index contributed by atoms with van der Waals surface area (Å²) >= 11 is 0. The molecule has 0 aliphatic carbocycles. The number of hydrogen-bond donors (Lipinski definition) is 1. The maximum absolute atomic E-state index is 14.1. The lowest BCUT2D eigenvalue weighted by atomic mass is 9.98. The van der Waals surface area contributed by atoms with Crippen LogP contribution in [-0.2, 0) is 0 Å². The first-order chi connectivity index (χ1) is 17.6. The maximum Gasteiger partial charge on any atom is 0.259 e. The summed E-state index contributed by atoms with van der Waals surface area (Å²) in [5, 5.41) is 14.1. The van der Waals surface area contributed by atoms with Gasteiger partial charge in [0.2, 0.25) is 0 Å². The smallest absolute Gasteiger partial charge is 0.259 e. The third kappa shape index (κ3) is 3.89. The highest BCUT2D eigenvalue weighted by Crippen LogP contribution is 2.32. The second kappa shape index (κ2) is 9.13. The molecule has 0 radical (unpaired) electrons. The molecule has 2 atom stereocenters. The Morgan fingerprint density at radius 1 is 1.00 bits per heavy atom. The topological polar surface area (TPSA) is 88.8 Å². The Balaban J connectivity index is 1.40. The average Bonchev–Trinajstić information content (AvgIpc) is 3.34. The number of aryl methyl sites for hydroxylation is 1. The number of aromatic nitrogens is 5. The predicted molar refractivity (Wildman–Crippen MR) is 140 cm³/mol. The highest BCUT2D eigenvalue weighted by Gasteiger charge is 2.31. The summed E-state index contributed by atoms with van der Waals surface area (Å²) in [6, 6.07) is 19.8. The number of piperidine rings is 1. The summed E-state index contributed by atoms with van der Waals surface area (Å²) in [6.45, 7) is 4.98. The predicted octanol–water partition coefficient (Wildman–Crippen LogP) is 4.46. The van der Waals surface area contributed by atoms with Crippen LogP contribution in [0.2, 0.25) is 0 Å². The van der Waals surface area contributed by atoms with Gasteiger partial charge in [-0.05, 0) is 80.1 Å². The fourth-order valence-corrected chi connectivity index (χ4v) is 5.03. The van der Waals surface area contributed by atoms with E-state index in [9.17, 15) is 4.79 Å². The van der Waals surface area contributed by atoms with Crippen LogP contribution in [-0.4, -0.2) is 49.5 Å². The first kappa shape index (κ1) is 22.3. The molecule has 1 amide bonds. The third-order valence-electron chi connectivity index (χ3n) is 6.99. The average molecular weight is 478 g/mol. The second-order valence-corrected chi connectivity index (χ2v) is 9.42. The number of hydrogen-bond acceptors (Lipinski definition) is 6. The molecule has 3 aromatic heterocycles. The van der Waals surface area contributed by atoms with E-state index in [-0.39, 0.29) is 11.9 Å². The van der Waals surface area contributed by atoms with Gasteiger partial charge in [-0.2, -0.15) is 4.68 Å². The fourth-order valence-electron chi connectivity index (χ4n) is 5.03. The van der Waals surface area contributed by atoms with E-state index in [2.05, 4.69) is 46.6 Å². The van der Waals surface area contributed by atoms with Gasteiger partial charge >= 0.3 is 0 Å². The molecule has 5 aromatic rings. The zero-order chi connectivity index (χ0) is 24.6. The van der Waals surface area contributed by atoms with Crippen LogP contribution in [0.15, 0.2) is 73.1 Å². The lowest BCUT2D eigenvalue weighted by Crippen LogP contribution is -2.51. The number of pyridine rings is 2. The number of carbonyl (C=O) groups is 1. The number of nitrogens with zero attached hydrogens (tertiary/aromatic N) is 6. The van der Waals surface area contributed by atoms with Gasteiger partial charge in [-0.15, -0.1) is 5.10 Å². The Hall–Kier alpha value is -4.17. The van der Waals surface area contributed by atoms with Crippen molar-refractivity contribution in [1.29, 1.82) is 0 Å². The van der Waals surface area contributed by atoms with Crippen LogP contribution in [0, 0.1) is 6.92 Å². The first-order valence-corrected chi connectivity index (χ1v) is 12.3. The molecule has 36 heavy (non-hydrogen) atoms. The van der Waals surface area contributed by atoms with E-state index < -0.39 is 0 Å². The van der Waals surface area contributed by atoms with Crippen LogP contribution < -0.4 is 10.2 Å². The summed E-state index contributed by atoms with van der Waals surface area (Å²) in [7, 11) is 0. The molecule has 1 fully saturated rings. The van der Waals surface area contributed by atoms with Crippen molar-refractivity contribution in [3.05, 3.63) is 84.2 Å². The molecular formula is C28H27N7O. The van der Waals surface area contributed by atoms with Crippen molar-refractivity contribution < 1.29 is 4.79 Å². The second-order valence-electron chi connectivity index (χ2n) is 9.42. The van der Waals surface area contributed by atoms with Crippen molar-refractivity contribution in [3.63, 3.8) is 0 Å². The van der Waals surface area contributed by atoms with Crippen molar-refractivity contribution in [1.82, 2.24) is 30.3 Å². The maximum atomic E-state index is 14.1. The summed E-state index contributed by atoms with van der Waals surface area (Å²) in [5.41, 5.74) is 3.90. The molecular weight excluding hydrogens is 450 g/mol. The Morgan fingerprint density at radius 2 is 1.86 bits per heavy atom. The van der Waals surface area contributed by atoms with Crippen molar-refractivity contribution >= 4 is 33.7 Å². The number of benzene rings is 2. The molecule has 0 spiro atoms. The Labute approximate surface area is 209 Å². The summed E-state index contributed by atoms with van der Waals surface area (Å²) < 4.78 is 1.68. The number of rotatable bonds is 4. The van der Waals surface area contributed by atoms with Crippen molar-refractivity contribution in [3.8, 4) is 5.69 Å². The van der Waals surface area contributed by atoms with Crippen LogP contribution in [0.25, 0.3) is 27.6 Å². The quantitative estimate of drug-likeness (QED) is 0.411. The Morgan fingerprint density at radius 3 is 2.67 bits per heavy atom. The molecule has 8 heteroatoms. The molecule has 0 bridgehead atoms. The molecule has 8 nitrogen and oxygen atoms in total. The van der Waals surface area contributed by atoms with Gasteiger partial charge in [-0.1, -0.05) is 23.4 Å². The molecule has 4 heterocycles.